The third-order valence-electron chi connectivity index (χ3n) is 13.7. The number of methoxy groups -OCH3 is 1. The van der Waals surface area contributed by atoms with Crippen molar-refractivity contribution >= 4 is 282 Å². The molecule has 0 amide bonds. The van der Waals surface area contributed by atoms with Crippen molar-refractivity contribution in [3.8, 4) is 5.19 Å². The Morgan fingerprint density at radius 3 is 1.36 bits per heavy atom. The number of nitrogens with zero attached hydrogens (tertiary/aromatic N) is 11. The summed E-state index contributed by atoms with van der Waals surface area (Å²) in [5.74, 6) is -0.960. The van der Waals surface area contributed by atoms with Gasteiger partial charge in [-0.05, 0) is 29.6 Å². The summed E-state index contributed by atoms with van der Waals surface area (Å²) in [6.07, 6.45) is 4.75. The second-order valence-electron chi connectivity index (χ2n) is 21.4. The summed E-state index contributed by atoms with van der Waals surface area (Å²) in [5, 5.41) is 17.7. The number of nitrogen functional groups attached to an aromatic ring is 1. The third kappa shape index (κ3) is 30.0. The molecule has 4 aromatic heterocycles. The molecule has 8 aliphatic rings. The number of alkyl halides is 2. The molecule has 2 fully saturated rings. The van der Waals surface area contributed by atoms with E-state index in [2.05, 4.69) is 77.2 Å². The highest BCUT2D eigenvalue weighted by Gasteiger charge is 2.36. The number of carbonyl (C=O) groups excluding carboxylic acids is 17. The molecule has 12 rings (SSSR count). The molecule has 51 heteroatoms. The quantitative estimate of drug-likeness (QED) is 0.0157. The van der Waals surface area contributed by atoms with Crippen LogP contribution in [0.2, 0.25) is 4.47 Å². The highest BCUT2D eigenvalue weighted by atomic mass is 127. The van der Waals surface area contributed by atoms with E-state index < -0.39 is 4.83 Å². The second-order valence-corrected chi connectivity index (χ2v) is 29.5. The number of thiocarbonyl (C=S) groups is 1. The van der Waals surface area contributed by atoms with Gasteiger partial charge in [-0.3, -0.25) is 57.3 Å². The lowest BCUT2D eigenvalue weighted by Crippen LogP contribution is -2.49. The molecule has 0 spiro atoms. The van der Waals surface area contributed by atoms with E-state index in [0.717, 1.165) is 33.1 Å². The van der Waals surface area contributed by atoms with E-state index in [4.69, 9.17) is 32.3 Å². The first-order valence-electron chi connectivity index (χ1n) is 30.0. The Balaban J connectivity index is 0.000000255. The monoisotopic (exact) mass is 1750 g/mol. The van der Waals surface area contributed by atoms with Crippen LogP contribution in [0.15, 0.2) is 15.3 Å². The maximum Gasteiger partial charge on any atom is 0.308 e. The van der Waals surface area contributed by atoms with Crippen molar-refractivity contribution in [2.45, 2.75) is 50.4 Å². The summed E-state index contributed by atoms with van der Waals surface area (Å²) in [5.41, 5.74) is 18.2. The van der Waals surface area contributed by atoms with Gasteiger partial charge in [-0.25, -0.2) is 15.0 Å². The van der Waals surface area contributed by atoms with Crippen LogP contribution in [0.5, 0.6) is 5.19 Å². The number of ether oxygens (including phenoxy) is 1. The SMILES string of the molecule is COc1nc2c(s1)C(=O)CN([B]C=O)C2.NC(N)=S.Nc1nc2c(s1)C(=O)CN([B]C=O)C2.O=C[B]N1CC(=O)C(Br)C(=O)C1.O=C[B]N1CC(=O)C2=C(CC(=O)S2)C1.O=C[B]N1CC(=O)CC(=O)C1.O=C[B]N1CC(=O)c2sc(=O)n(CCO)c2C1.O=C[B]N1CC(=O)c2sc(Cl)nc2C1.OCCI. The smallest absolute Gasteiger partial charge is 0.308 e. The maximum atomic E-state index is 11.8. The van der Waals surface area contributed by atoms with Crippen molar-refractivity contribution in [3.63, 3.8) is 0 Å². The van der Waals surface area contributed by atoms with Gasteiger partial charge in [-0.2, -0.15) is 0 Å². The minimum Gasteiger partial charge on any atom is -0.473 e. The molecule has 35 nitrogen and oxygen atoms in total. The predicted molar refractivity (Wildman–Crippen MR) is 413 cm³/mol. The fourth-order valence-corrected chi connectivity index (χ4v) is 14.5. The highest BCUT2D eigenvalue weighted by Crippen LogP contribution is 2.36. The first kappa shape index (κ1) is 91.1. The molecule has 8 N–H and O–H groups in total. The van der Waals surface area contributed by atoms with Crippen molar-refractivity contribution in [2.75, 3.05) is 95.9 Å². The molecule has 8 aliphatic heterocycles. The van der Waals surface area contributed by atoms with E-state index in [1.165, 1.54) is 107 Å². The Labute approximate surface area is 656 Å². The molecule has 105 heavy (non-hydrogen) atoms. The molecule has 12 heterocycles. The fourth-order valence-electron chi connectivity index (χ4n) is 9.63. The van der Waals surface area contributed by atoms with Gasteiger partial charge >= 0.3 is 4.87 Å². The summed E-state index contributed by atoms with van der Waals surface area (Å²) >= 11 is 20.5. The molecule has 549 valence electrons. The van der Waals surface area contributed by atoms with Crippen LogP contribution in [-0.4, -0.2) is 316 Å². The van der Waals surface area contributed by atoms with Crippen molar-refractivity contribution in [3.05, 3.63) is 66.9 Å². The first-order chi connectivity index (χ1) is 50.0. The van der Waals surface area contributed by atoms with E-state index in [9.17, 15) is 86.3 Å². The van der Waals surface area contributed by atoms with Crippen LogP contribution in [0.4, 0.5) is 5.13 Å². The van der Waals surface area contributed by atoms with E-state index >= 15 is 0 Å². The van der Waals surface area contributed by atoms with Gasteiger partial charge in [0.15, 0.2) is 71.9 Å². The van der Waals surface area contributed by atoms with Gasteiger partial charge in [0.05, 0.1) is 150 Å². The van der Waals surface area contributed by atoms with Gasteiger partial charge in [-0.15, -0.1) is 0 Å². The van der Waals surface area contributed by atoms with Crippen molar-refractivity contribution < 1.29 is 96.5 Å². The summed E-state index contributed by atoms with van der Waals surface area (Å²) in [6, 6.07) is 0. The lowest BCUT2D eigenvalue weighted by Gasteiger charge is -2.24. The first-order valence-corrected chi connectivity index (χ1v) is 37.4. The van der Waals surface area contributed by atoms with Crippen LogP contribution in [-0.2, 0) is 95.1 Å². The van der Waals surface area contributed by atoms with Crippen LogP contribution >= 0.6 is 119 Å². The molecule has 0 atom stereocenters. The number of thiazole rings is 4. The number of ketones is 9. The zero-order chi connectivity index (χ0) is 78.0. The average molecular weight is 1750 g/mol. The number of halogens is 3. The molecule has 0 saturated carbocycles. The molecule has 2 saturated heterocycles. The number of anilines is 1. The van der Waals surface area contributed by atoms with Gasteiger partial charge in [0.1, 0.15) is 4.83 Å². The van der Waals surface area contributed by atoms with E-state index in [1.807, 2.05) is 0 Å². The number of hydrogen-bond donors (Lipinski definition) is 5. The number of nitrogens with two attached hydrogens (primary N) is 3. The van der Waals surface area contributed by atoms with Gasteiger partial charge in [0, 0.05) is 76.3 Å². The molecule has 0 bridgehead atoms. The van der Waals surface area contributed by atoms with Crippen LogP contribution in [0, 0.1) is 0 Å². The van der Waals surface area contributed by atoms with Crippen molar-refractivity contribution in [2.24, 2.45) is 11.5 Å². The van der Waals surface area contributed by atoms with Crippen LogP contribution < -0.4 is 26.8 Å². The number of aliphatic hydroxyl groups is 2. The molecule has 0 aromatic carbocycles. The number of rotatable bonds is 18. The average Bonchev–Trinajstić information content (AvgIpc) is 1.66. The minimum atomic E-state index is -0.686. The summed E-state index contributed by atoms with van der Waals surface area (Å²) in [6.45, 7) is 4.27. The largest absolute Gasteiger partial charge is 0.473 e. The zero-order valence-corrected chi connectivity index (χ0v) is 64.6. The summed E-state index contributed by atoms with van der Waals surface area (Å²) < 4.78 is 7.58. The number of aliphatic hydroxyl groups excluding tert-OH is 2. The van der Waals surface area contributed by atoms with E-state index in [1.54, 1.807) is 24.1 Å². The number of aromatic nitrogens is 4. The van der Waals surface area contributed by atoms with Gasteiger partial charge in [0.25, 0.3) is 57.1 Å². The Bertz CT molecular complexity index is 3880. The Morgan fingerprint density at radius 2 is 0.924 bits per heavy atom. The highest BCUT2D eigenvalue weighted by molar-refractivity contribution is 14.1. The maximum absolute atomic E-state index is 11.8. The molecule has 4 aromatic rings. The Morgan fingerprint density at radius 1 is 0.543 bits per heavy atom. The lowest BCUT2D eigenvalue weighted by atomic mass is 9.90. The van der Waals surface area contributed by atoms with Gasteiger partial charge in [-0.1, -0.05) is 95.5 Å². The normalized spacial score (nSPS) is 17.2. The third-order valence-corrected chi connectivity index (χ3v) is 20.7. The Hall–Kier alpha value is -6.32. The van der Waals surface area contributed by atoms with Crippen LogP contribution in [0.25, 0.3) is 0 Å². The predicted octanol–water partition coefficient (Wildman–Crippen LogP) is -4.34. The van der Waals surface area contributed by atoms with E-state index in [0.29, 0.717) is 151 Å². The molecule has 0 aliphatic carbocycles. The number of hydrogen-bond acceptors (Lipinski definition) is 38. The second kappa shape index (κ2) is 47.5. The standard InChI is InChI=1S/C9H10BN2O4S.C8H8BN2O3S.C8H7BNO3S.C7H5BClN2O2S.C7H7BN3O2S.C6H6BBrNO3.C6H7BNO3.C2H5IO.CH4N2S/c13-2-1-12-6-3-11(10-5-14)4-7(15)8(6)17-9(12)16;1-14-8-10-5-2-11(9-4-12)3-6(13)7(5)15-8;11-4-9-10-2-5-1-7(13)14-8(5)6(12)3-10;2*9-7-10-4-1-11(8-3-12)2-5(13)6(4)14-7;8-6-4(11)1-9(7-3-10)2-5(6)12;9-4-7-8-2-5(10)1-6(11)3-8;3-1-2-4;2-1(3)4/h5,13H,1-4H2;4H,2-3H2,1H3;4H,1-3H2;3H,1-2H2;3H,1-2H2,(H2,9,10);3,6H,1-2H2;4H,1-3H2;4H,1-2H2;(H4,2,3,4). The molecular formula is C54H59B7BrClIN14O21S6. The van der Waals surface area contributed by atoms with Crippen LogP contribution in [0.3, 0.4) is 0 Å². The number of Topliss-reactive ketones (excluding diaryl/α,β-unsaturated/α-hetero) is 9. The Kier molecular flexibility index (Phi) is 41.2. The lowest BCUT2D eigenvalue weighted by molar-refractivity contribution is -0.131. The number of thioether (sulfide) groups is 1. The van der Waals surface area contributed by atoms with Crippen LogP contribution in [0.1, 0.15) is 74.3 Å². The zero-order valence-electron chi connectivity index (χ0n) is 55.2. The molecule has 7 radical (unpaired) electrons. The van der Waals surface area contributed by atoms with Gasteiger partial charge in [0.2, 0.25) is 0 Å². The summed E-state index contributed by atoms with van der Waals surface area (Å²) in [4.78, 5) is 221. The molecule has 0 unspecified atom stereocenters. The van der Waals surface area contributed by atoms with E-state index in [-0.39, 0.29) is 146 Å². The van der Waals surface area contributed by atoms with Gasteiger partial charge < -0.3 is 99.4 Å². The molecular weight excluding hydrogens is 1690 g/mol. The summed E-state index contributed by atoms with van der Waals surface area (Å²) in [7, 11) is 10.6. The van der Waals surface area contributed by atoms with Crippen molar-refractivity contribution in [1.82, 2.24) is 53.2 Å². The number of piperidine rings is 2. The number of fused-ring (bicyclic) bond motifs is 4. The fraction of sp³-hybridized carbons (Fsp3) is 0.407. The van der Waals surface area contributed by atoms with Crippen molar-refractivity contribution in [1.29, 1.82) is 0 Å². The minimum absolute atomic E-state index is 0.000000000000000222. The topological polar surface area (TPSA) is 501 Å². The number of carbonyl (C=O) groups is 17.